The Labute approximate surface area is 199 Å². The van der Waals surface area contributed by atoms with E-state index in [1.54, 1.807) is 18.2 Å². The molecular formula is C23H27Cl2N3O3S. The molecule has 32 heavy (non-hydrogen) atoms. The zero-order chi connectivity index (χ0) is 22.7. The van der Waals surface area contributed by atoms with Gasteiger partial charge in [-0.25, -0.2) is 12.7 Å². The average Bonchev–Trinajstić information content (AvgIpc) is 2.81. The van der Waals surface area contributed by atoms with Gasteiger partial charge in [0.25, 0.3) is 0 Å². The Kier molecular flexibility index (Phi) is 7.30. The number of halogens is 2. The van der Waals surface area contributed by atoms with E-state index in [2.05, 4.69) is 17.0 Å². The Hall–Kier alpha value is -1.80. The van der Waals surface area contributed by atoms with Gasteiger partial charge in [0.05, 0.1) is 5.75 Å². The molecule has 2 aliphatic rings. The number of rotatable bonds is 5. The molecule has 0 spiro atoms. The highest BCUT2D eigenvalue weighted by molar-refractivity contribution is 7.88. The summed E-state index contributed by atoms with van der Waals surface area (Å²) in [6.07, 6.45) is 1.09. The number of anilines is 1. The van der Waals surface area contributed by atoms with Crippen LogP contribution in [0.5, 0.6) is 0 Å². The lowest BCUT2D eigenvalue weighted by Crippen LogP contribution is -2.52. The number of carbonyl (C=O) groups excluding carboxylic acids is 1. The second-order valence-corrected chi connectivity index (χ2v) is 11.1. The molecule has 0 atom stereocenters. The SMILES string of the molecule is O=C(C1CCN(S(=O)(=O)Cc2ccc(Cl)cc2Cl)CC1)N1CCN(c2ccccc2)CC1. The van der Waals surface area contributed by atoms with Crippen LogP contribution in [-0.2, 0) is 20.6 Å². The molecule has 0 aliphatic carbocycles. The second kappa shape index (κ2) is 10.00. The summed E-state index contributed by atoms with van der Waals surface area (Å²) in [5, 5.41) is 0.820. The van der Waals surface area contributed by atoms with E-state index in [0.717, 1.165) is 13.1 Å². The number of amides is 1. The molecule has 0 unspecified atom stereocenters. The average molecular weight is 496 g/mol. The van der Waals surface area contributed by atoms with E-state index < -0.39 is 10.0 Å². The van der Waals surface area contributed by atoms with E-state index >= 15 is 0 Å². The van der Waals surface area contributed by atoms with Crippen molar-refractivity contribution in [2.45, 2.75) is 18.6 Å². The van der Waals surface area contributed by atoms with Gasteiger partial charge in [0.1, 0.15) is 0 Å². The number of para-hydroxylation sites is 1. The van der Waals surface area contributed by atoms with Crippen molar-refractivity contribution in [1.82, 2.24) is 9.21 Å². The monoisotopic (exact) mass is 495 g/mol. The minimum absolute atomic E-state index is 0.121. The Morgan fingerprint density at radius 1 is 0.906 bits per heavy atom. The molecular weight excluding hydrogens is 469 g/mol. The summed E-state index contributed by atoms with van der Waals surface area (Å²) in [4.78, 5) is 17.3. The Balaban J connectivity index is 1.29. The molecule has 4 rings (SSSR count). The van der Waals surface area contributed by atoms with Crippen LogP contribution in [0.2, 0.25) is 10.0 Å². The zero-order valence-electron chi connectivity index (χ0n) is 17.8. The highest BCUT2D eigenvalue weighted by Crippen LogP contribution is 2.27. The molecule has 2 heterocycles. The van der Waals surface area contributed by atoms with Crippen molar-refractivity contribution < 1.29 is 13.2 Å². The molecule has 2 aliphatic heterocycles. The molecule has 0 N–H and O–H groups in total. The third kappa shape index (κ3) is 5.39. The van der Waals surface area contributed by atoms with Crippen molar-refractivity contribution in [2.24, 2.45) is 5.92 Å². The summed E-state index contributed by atoms with van der Waals surface area (Å²) < 4.78 is 27.2. The molecule has 2 fully saturated rings. The number of carbonyl (C=O) groups is 1. The van der Waals surface area contributed by atoms with Gasteiger partial charge in [-0.2, -0.15) is 0 Å². The van der Waals surface area contributed by atoms with Gasteiger partial charge >= 0.3 is 0 Å². The summed E-state index contributed by atoms with van der Waals surface area (Å²) in [6.45, 7) is 3.72. The first-order valence-electron chi connectivity index (χ1n) is 10.8. The molecule has 1 amide bonds. The van der Waals surface area contributed by atoms with Gasteiger partial charge in [0, 0.05) is 60.9 Å². The van der Waals surface area contributed by atoms with Gasteiger partial charge < -0.3 is 9.80 Å². The van der Waals surface area contributed by atoms with Crippen LogP contribution >= 0.6 is 23.2 Å². The fraction of sp³-hybridized carbons (Fsp3) is 0.435. The lowest BCUT2D eigenvalue weighted by molar-refractivity contribution is -0.137. The first-order valence-corrected chi connectivity index (χ1v) is 13.2. The summed E-state index contributed by atoms with van der Waals surface area (Å²) >= 11 is 12.1. The van der Waals surface area contributed by atoms with Crippen LogP contribution in [0.1, 0.15) is 18.4 Å². The number of piperidine rings is 1. The lowest BCUT2D eigenvalue weighted by atomic mass is 9.96. The maximum atomic E-state index is 13.0. The number of hydrogen-bond donors (Lipinski definition) is 0. The van der Waals surface area contributed by atoms with Crippen molar-refractivity contribution in [2.75, 3.05) is 44.2 Å². The first-order chi connectivity index (χ1) is 15.3. The second-order valence-electron chi connectivity index (χ2n) is 8.31. The number of hydrogen-bond acceptors (Lipinski definition) is 4. The van der Waals surface area contributed by atoms with E-state index in [1.165, 1.54) is 9.99 Å². The normalized spacial score (nSPS) is 18.7. The predicted molar refractivity (Wildman–Crippen MR) is 129 cm³/mol. The standard InChI is InChI=1S/C23H27Cl2N3O3S/c24-20-7-6-19(22(25)16-20)17-32(30,31)28-10-8-18(9-11-28)23(29)27-14-12-26(13-15-27)21-4-2-1-3-5-21/h1-7,16,18H,8-15,17H2. The highest BCUT2D eigenvalue weighted by atomic mass is 35.5. The van der Waals surface area contributed by atoms with Crippen molar-refractivity contribution in [1.29, 1.82) is 0 Å². The Morgan fingerprint density at radius 3 is 2.19 bits per heavy atom. The van der Waals surface area contributed by atoms with Crippen LogP contribution < -0.4 is 4.90 Å². The van der Waals surface area contributed by atoms with Crippen molar-refractivity contribution in [3.63, 3.8) is 0 Å². The largest absolute Gasteiger partial charge is 0.368 e. The fourth-order valence-corrected chi connectivity index (χ4v) is 6.54. The zero-order valence-corrected chi connectivity index (χ0v) is 20.1. The van der Waals surface area contributed by atoms with Gasteiger partial charge in [-0.3, -0.25) is 4.79 Å². The van der Waals surface area contributed by atoms with E-state index in [1.807, 2.05) is 23.1 Å². The summed E-state index contributed by atoms with van der Waals surface area (Å²) in [5.41, 5.74) is 1.71. The Bertz CT molecular complexity index is 1050. The number of nitrogens with zero attached hydrogens (tertiary/aromatic N) is 3. The topological polar surface area (TPSA) is 60.9 Å². The summed E-state index contributed by atoms with van der Waals surface area (Å²) in [6, 6.07) is 15.1. The third-order valence-electron chi connectivity index (χ3n) is 6.26. The quantitative estimate of drug-likeness (QED) is 0.631. The van der Waals surface area contributed by atoms with E-state index in [4.69, 9.17) is 23.2 Å². The van der Waals surface area contributed by atoms with Crippen LogP contribution in [0, 0.1) is 5.92 Å². The summed E-state index contributed by atoms with van der Waals surface area (Å²) in [7, 11) is -3.51. The number of sulfonamides is 1. The minimum atomic E-state index is -3.51. The van der Waals surface area contributed by atoms with E-state index in [9.17, 15) is 13.2 Å². The molecule has 2 aromatic rings. The van der Waals surface area contributed by atoms with Crippen molar-refractivity contribution in [3.05, 3.63) is 64.1 Å². The molecule has 6 nitrogen and oxygen atoms in total. The van der Waals surface area contributed by atoms with Gasteiger partial charge in [-0.05, 0) is 42.7 Å². The minimum Gasteiger partial charge on any atom is -0.368 e. The highest BCUT2D eigenvalue weighted by Gasteiger charge is 2.34. The van der Waals surface area contributed by atoms with E-state index in [-0.39, 0.29) is 17.6 Å². The van der Waals surface area contributed by atoms with Gasteiger partial charge in [0.15, 0.2) is 0 Å². The molecule has 172 valence electrons. The molecule has 0 aromatic heterocycles. The Morgan fingerprint density at radius 2 is 1.56 bits per heavy atom. The third-order valence-corrected chi connectivity index (χ3v) is 8.68. The lowest BCUT2D eigenvalue weighted by Gasteiger charge is -2.39. The molecule has 2 saturated heterocycles. The fourth-order valence-electron chi connectivity index (χ4n) is 4.39. The first kappa shape index (κ1) is 23.4. The van der Waals surface area contributed by atoms with E-state index in [0.29, 0.717) is 54.6 Å². The molecule has 2 aromatic carbocycles. The van der Waals surface area contributed by atoms with Crippen molar-refractivity contribution in [3.8, 4) is 0 Å². The molecule has 0 radical (unpaired) electrons. The van der Waals surface area contributed by atoms with Gasteiger partial charge in [-0.15, -0.1) is 0 Å². The number of benzene rings is 2. The predicted octanol–water partition coefficient (Wildman–Crippen LogP) is 3.88. The number of piperazine rings is 1. The molecule has 9 heteroatoms. The van der Waals surface area contributed by atoms with Crippen LogP contribution in [0.4, 0.5) is 5.69 Å². The molecule has 0 saturated carbocycles. The molecule has 0 bridgehead atoms. The maximum Gasteiger partial charge on any atom is 0.225 e. The maximum absolute atomic E-state index is 13.0. The van der Waals surface area contributed by atoms with Crippen molar-refractivity contribution >= 4 is 44.8 Å². The van der Waals surface area contributed by atoms with Crippen LogP contribution in [0.15, 0.2) is 48.5 Å². The van der Waals surface area contributed by atoms with Crippen LogP contribution in [-0.4, -0.2) is 62.8 Å². The van der Waals surface area contributed by atoms with Gasteiger partial charge in [0.2, 0.25) is 15.9 Å². The van der Waals surface area contributed by atoms with Crippen LogP contribution in [0.3, 0.4) is 0 Å². The van der Waals surface area contributed by atoms with Gasteiger partial charge in [-0.1, -0.05) is 47.5 Å². The smallest absolute Gasteiger partial charge is 0.225 e. The summed E-state index contributed by atoms with van der Waals surface area (Å²) in [5.74, 6) is -0.136. The van der Waals surface area contributed by atoms with Crippen LogP contribution in [0.25, 0.3) is 0 Å².